The Balaban J connectivity index is 1.38. The van der Waals surface area contributed by atoms with Gasteiger partial charge in [0, 0.05) is 5.69 Å². The largest absolute Gasteiger partial charge is 0.360 e. The van der Waals surface area contributed by atoms with Gasteiger partial charge in [0.05, 0.1) is 45.4 Å². The van der Waals surface area contributed by atoms with E-state index in [-0.39, 0.29) is 5.91 Å². The number of carbonyl (C=O) groups excluding carboxylic acids is 1. The highest BCUT2D eigenvalue weighted by atomic mass is 16.2. The number of para-hydroxylation sites is 1. The maximum absolute atomic E-state index is 12.1. The van der Waals surface area contributed by atoms with Gasteiger partial charge in [0.1, 0.15) is 0 Å². The van der Waals surface area contributed by atoms with Crippen molar-refractivity contribution in [2.24, 2.45) is 5.10 Å². The SMILES string of the molecule is Cc1ccc(/C=N\NC(=O)CC[NH+]2CCN(c3ccccc3)CC2)c(C)c1. The van der Waals surface area contributed by atoms with Gasteiger partial charge < -0.3 is 9.80 Å². The van der Waals surface area contributed by atoms with Crippen LogP contribution in [0.15, 0.2) is 53.6 Å². The average molecular weight is 366 g/mol. The summed E-state index contributed by atoms with van der Waals surface area (Å²) in [7, 11) is 0. The van der Waals surface area contributed by atoms with Crippen LogP contribution in [0.5, 0.6) is 0 Å². The third-order valence-corrected chi connectivity index (χ3v) is 5.12. The molecule has 1 amide bonds. The Kier molecular flexibility index (Phi) is 6.60. The Hall–Kier alpha value is -2.66. The van der Waals surface area contributed by atoms with Crippen molar-refractivity contribution < 1.29 is 9.69 Å². The Labute approximate surface area is 161 Å². The number of amides is 1. The van der Waals surface area contributed by atoms with Crippen molar-refractivity contribution in [3.05, 3.63) is 65.2 Å². The molecule has 1 fully saturated rings. The molecular weight excluding hydrogens is 336 g/mol. The van der Waals surface area contributed by atoms with Crippen molar-refractivity contribution in [3.63, 3.8) is 0 Å². The number of carbonyl (C=O) groups is 1. The molecule has 2 aromatic carbocycles. The molecule has 1 aliphatic rings. The van der Waals surface area contributed by atoms with E-state index in [4.69, 9.17) is 0 Å². The summed E-state index contributed by atoms with van der Waals surface area (Å²) in [4.78, 5) is 15.9. The van der Waals surface area contributed by atoms with Crippen molar-refractivity contribution in [2.45, 2.75) is 20.3 Å². The second-order valence-corrected chi connectivity index (χ2v) is 7.23. The van der Waals surface area contributed by atoms with Crippen LogP contribution in [0.2, 0.25) is 0 Å². The minimum absolute atomic E-state index is 0.0194. The fourth-order valence-electron chi connectivity index (χ4n) is 3.46. The van der Waals surface area contributed by atoms with Crippen LogP contribution in [0.3, 0.4) is 0 Å². The molecule has 0 bridgehead atoms. The number of aryl methyl sites for hydroxylation is 2. The van der Waals surface area contributed by atoms with Gasteiger partial charge in [-0.15, -0.1) is 0 Å². The van der Waals surface area contributed by atoms with Gasteiger partial charge in [-0.3, -0.25) is 4.79 Å². The van der Waals surface area contributed by atoms with E-state index in [9.17, 15) is 4.79 Å². The summed E-state index contributed by atoms with van der Waals surface area (Å²) in [5, 5.41) is 4.11. The predicted molar refractivity (Wildman–Crippen MR) is 110 cm³/mol. The van der Waals surface area contributed by atoms with E-state index in [1.807, 2.05) is 12.1 Å². The first-order valence-corrected chi connectivity index (χ1v) is 9.64. The maximum atomic E-state index is 12.1. The summed E-state index contributed by atoms with van der Waals surface area (Å²) in [5.74, 6) is -0.0194. The molecular formula is C22H29N4O+. The van der Waals surface area contributed by atoms with Crippen LogP contribution in [0.1, 0.15) is 23.1 Å². The van der Waals surface area contributed by atoms with E-state index in [2.05, 4.69) is 65.7 Å². The highest BCUT2D eigenvalue weighted by Gasteiger charge is 2.20. The minimum atomic E-state index is -0.0194. The van der Waals surface area contributed by atoms with E-state index < -0.39 is 0 Å². The quantitative estimate of drug-likeness (QED) is 0.603. The number of hydrogen-bond acceptors (Lipinski definition) is 3. The van der Waals surface area contributed by atoms with Crippen molar-refractivity contribution in [1.82, 2.24) is 5.43 Å². The standard InChI is InChI=1S/C22H28N4O/c1-18-8-9-20(19(2)16-18)17-23-24-22(27)10-11-25-12-14-26(15-13-25)21-6-4-3-5-7-21/h3-9,16-17H,10-15H2,1-2H3,(H,24,27)/p+1/b23-17-. The van der Waals surface area contributed by atoms with Crippen LogP contribution in [-0.4, -0.2) is 44.8 Å². The Morgan fingerprint density at radius 1 is 1.15 bits per heavy atom. The van der Waals surface area contributed by atoms with Crippen LogP contribution in [-0.2, 0) is 4.79 Å². The van der Waals surface area contributed by atoms with Crippen molar-refractivity contribution in [2.75, 3.05) is 37.6 Å². The lowest BCUT2D eigenvalue weighted by Gasteiger charge is -2.33. The minimum Gasteiger partial charge on any atom is -0.360 e. The van der Waals surface area contributed by atoms with Gasteiger partial charge in [-0.1, -0.05) is 42.0 Å². The monoisotopic (exact) mass is 365 g/mol. The first kappa shape index (κ1) is 19.1. The molecule has 2 aromatic rings. The molecule has 3 rings (SSSR count). The fourth-order valence-corrected chi connectivity index (χ4v) is 3.46. The molecule has 27 heavy (non-hydrogen) atoms. The number of piperazine rings is 1. The molecule has 2 N–H and O–H groups in total. The molecule has 1 saturated heterocycles. The second-order valence-electron chi connectivity index (χ2n) is 7.23. The van der Waals surface area contributed by atoms with Gasteiger partial charge in [0.25, 0.3) is 0 Å². The molecule has 1 heterocycles. The molecule has 0 atom stereocenters. The number of quaternary nitrogens is 1. The molecule has 142 valence electrons. The van der Waals surface area contributed by atoms with Gasteiger partial charge in [-0.2, -0.15) is 5.10 Å². The summed E-state index contributed by atoms with van der Waals surface area (Å²) >= 11 is 0. The zero-order valence-corrected chi connectivity index (χ0v) is 16.2. The molecule has 5 nitrogen and oxygen atoms in total. The third-order valence-electron chi connectivity index (χ3n) is 5.12. The van der Waals surface area contributed by atoms with Gasteiger partial charge in [-0.25, -0.2) is 5.43 Å². The summed E-state index contributed by atoms with van der Waals surface area (Å²) in [6, 6.07) is 16.7. The van der Waals surface area contributed by atoms with E-state index in [0.29, 0.717) is 6.42 Å². The normalized spacial score (nSPS) is 15.3. The average Bonchev–Trinajstić information content (AvgIpc) is 2.69. The molecule has 0 saturated carbocycles. The molecule has 0 spiro atoms. The summed E-state index contributed by atoms with van der Waals surface area (Å²) in [6.07, 6.45) is 2.23. The number of anilines is 1. The second kappa shape index (κ2) is 9.33. The van der Waals surface area contributed by atoms with Crippen molar-refractivity contribution in [3.8, 4) is 0 Å². The molecule has 5 heteroatoms. The maximum Gasteiger partial charge on any atom is 0.245 e. The third kappa shape index (κ3) is 5.66. The lowest BCUT2D eigenvalue weighted by Crippen LogP contribution is -3.15. The summed E-state index contributed by atoms with van der Waals surface area (Å²) in [5.41, 5.74) is 7.36. The number of hydrazone groups is 1. The van der Waals surface area contributed by atoms with E-state index in [1.54, 1.807) is 6.21 Å². The van der Waals surface area contributed by atoms with Gasteiger partial charge >= 0.3 is 0 Å². The number of rotatable bonds is 6. The molecule has 1 aliphatic heterocycles. The van der Waals surface area contributed by atoms with Crippen LogP contribution in [0.4, 0.5) is 5.69 Å². The zero-order chi connectivity index (χ0) is 19.1. The van der Waals surface area contributed by atoms with E-state index in [1.165, 1.54) is 16.2 Å². The van der Waals surface area contributed by atoms with Crippen LogP contribution >= 0.6 is 0 Å². The van der Waals surface area contributed by atoms with Gasteiger partial charge in [0.2, 0.25) is 5.91 Å². The fraction of sp³-hybridized carbons (Fsp3) is 0.364. The van der Waals surface area contributed by atoms with Crippen molar-refractivity contribution in [1.29, 1.82) is 0 Å². The molecule has 0 radical (unpaired) electrons. The molecule has 0 unspecified atom stereocenters. The predicted octanol–water partition coefficient (Wildman–Crippen LogP) is 1.55. The van der Waals surface area contributed by atoms with Crippen LogP contribution in [0.25, 0.3) is 0 Å². The number of benzene rings is 2. The van der Waals surface area contributed by atoms with E-state index >= 15 is 0 Å². The van der Waals surface area contributed by atoms with Crippen molar-refractivity contribution >= 4 is 17.8 Å². The Morgan fingerprint density at radius 2 is 1.89 bits per heavy atom. The number of nitrogens with one attached hydrogen (secondary N) is 2. The van der Waals surface area contributed by atoms with Crippen LogP contribution in [0, 0.1) is 13.8 Å². The van der Waals surface area contributed by atoms with Crippen LogP contribution < -0.4 is 15.2 Å². The molecule has 0 aliphatic carbocycles. The first-order chi connectivity index (χ1) is 13.1. The summed E-state index contributed by atoms with van der Waals surface area (Å²) < 4.78 is 0. The lowest BCUT2D eigenvalue weighted by molar-refractivity contribution is -0.900. The number of hydrogen-bond donors (Lipinski definition) is 2. The smallest absolute Gasteiger partial charge is 0.245 e. The van der Waals surface area contributed by atoms with E-state index in [0.717, 1.165) is 43.9 Å². The highest BCUT2D eigenvalue weighted by molar-refractivity contribution is 5.83. The van der Waals surface area contributed by atoms with Gasteiger partial charge in [0.15, 0.2) is 0 Å². The molecule has 0 aromatic heterocycles. The Bertz CT molecular complexity index is 780. The Morgan fingerprint density at radius 3 is 2.59 bits per heavy atom. The number of nitrogens with zero attached hydrogens (tertiary/aromatic N) is 2. The lowest BCUT2D eigenvalue weighted by atomic mass is 10.1. The summed E-state index contributed by atoms with van der Waals surface area (Å²) in [6.45, 7) is 9.17. The zero-order valence-electron chi connectivity index (χ0n) is 16.2. The topological polar surface area (TPSA) is 49.1 Å². The van der Waals surface area contributed by atoms with Gasteiger partial charge in [-0.05, 0) is 37.1 Å². The first-order valence-electron chi connectivity index (χ1n) is 9.64. The highest BCUT2D eigenvalue weighted by Crippen LogP contribution is 2.12.